The predicted molar refractivity (Wildman–Crippen MR) is 129 cm³/mol. The van der Waals surface area contributed by atoms with Gasteiger partial charge in [-0.05, 0) is 62.3 Å². The summed E-state index contributed by atoms with van der Waals surface area (Å²) in [7, 11) is 1.67. The van der Waals surface area contributed by atoms with Gasteiger partial charge >= 0.3 is 0 Å². The van der Waals surface area contributed by atoms with E-state index in [4.69, 9.17) is 9.47 Å². The minimum absolute atomic E-state index is 0.0502. The lowest BCUT2D eigenvalue weighted by Gasteiger charge is -2.25. The molecule has 1 N–H and O–H groups in total. The molecule has 9 heteroatoms. The van der Waals surface area contributed by atoms with Gasteiger partial charge in [-0.15, -0.1) is 11.3 Å². The van der Waals surface area contributed by atoms with Gasteiger partial charge in [0.1, 0.15) is 5.69 Å². The molecule has 2 amide bonds. The largest absolute Gasteiger partial charge is 0.493 e. The summed E-state index contributed by atoms with van der Waals surface area (Å²) in [6.07, 6.45) is 4.83. The third-order valence-electron chi connectivity index (χ3n) is 7.30. The molecule has 0 radical (unpaired) electrons. The van der Waals surface area contributed by atoms with Gasteiger partial charge in [0.25, 0.3) is 5.91 Å². The molecule has 3 aliphatic heterocycles. The topological polar surface area (TPSA) is 84.0 Å². The molecular formula is C25H32N4O4S. The highest BCUT2D eigenvalue weighted by molar-refractivity contribution is 7.07. The molecule has 8 nitrogen and oxygen atoms in total. The van der Waals surface area contributed by atoms with Crippen molar-refractivity contribution in [1.82, 2.24) is 20.1 Å². The van der Waals surface area contributed by atoms with Crippen molar-refractivity contribution in [3.05, 3.63) is 40.3 Å². The molecule has 0 aliphatic carbocycles. The molecular weight excluding hydrogens is 452 g/mol. The summed E-state index contributed by atoms with van der Waals surface area (Å²) >= 11 is 1.38. The Kier molecular flexibility index (Phi) is 7.01. The molecule has 2 fully saturated rings. The highest BCUT2D eigenvalue weighted by Crippen LogP contribution is 2.46. The van der Waals surface area contributed by atoms with Gasteiger partial charge in [-0.1, -0.05) is 6.07 Å². The number of fused-ring (bicyclic) bond motifs is 8. The Labute approximate surface area is 204 Å². The third-order valence-corrected chi connectivity index (χ3v) is 7.89. The quantitative estimate of drug-likeness (QED) is 0.705. The van der Waals surface area contributed by atoms with Gasteiger partial charge in [0.05, 0.1) is 25.8 Å². The van der Waals surface area contributed by atoms with Crippen LogP contribution in [-0.2, 0) is 4.79 Å². The molecule has 4 heterocycles. The van der Waals surface area contributed by atoms with E-state index in [0.29, 0.717) is 43.4 Å². The van der Waals surface area contributed by atoms with Crippen molar-refractivity contribution in [2.45, 2.75) is 44.2 Å². The van der Waals surface area contributed by atoms with Crippen LogP contribution in [0.2, 0.25) is 0 Å². The normalized spacial score (nSPS) is 26.0. The molecule has 1 aromatic carbocycles. The van der Waals surface area contributed by atoms with E-state index in [1.807, 2.05) is 6.07 Å². The molecule has 182 valence electrons. The number of rotatable bonds is 2. The number of carbonyl (C=O) groups excluding carboxylic acids is 2. The molecule has 3 atom stereocenters. The van der Waals surface area contributed by atoms with Crippen LogP contribution < -0.4 is 14.8 Å². The summed E-state index contributed by atoms with van der Waals surface area (Å²) in [6, 6.07) is 7.07. The zero-order valence-electron chi connectivity index (χ0n) is 19.6. The Bertz CT molecular complexity index is 1010. The summed E-state index contributed by atoms with van der Waals surface area (Å²) in [5.74, 6) is 1.60. The third kappa shape index (κ3) is 4.77. The number of methoxy groups -OCH3 is 1. The summed E-state index contributed by atoms with van der Waals surface area (Å²) in [5.41, 5.74) is 3.29. The molecule has 34 heavy (non-hydrogen) atoms. The molecule has 0 spiro atoms. The smallest absolute Gasteiger partial charge is 0.273 e. The minimum atomic E-state index is -0.198. The number of hydrogen-bond acceptors (Lipinski definition) is 7. The first kappa shape index (κ1) is 23.1. The second kappa shape index (κ2) is 10.3. The number of hydrogen-bond donors (Lipinski definition) is 1. The summed E-state index contributed by atoms with van der Waals surface area (Å²) in [4.78, 5) is 34.2. The van der Waals surface area contributed by atoms with E-state index in [2.05, 4.69) is 27.3 Å². The van der Waals surface area contributed by atoms with Crippen LogP contribution in [0.1, 0.15) is 54.2 Å². The van der Waals surface area contributed by atoms with Gasteiger partial charge in [0.2, 0.25) is 5.91 Å². The Balaban J connectivity index is 1.38. The zero-order valence-corrected chi connectivity index (χ0v) is 20.4. The van der Waals surface area contributed by atoms with E-state index in [1.165, 1.54) is 23.3 Å². The van der Waals surface area contributed by atoms with E-state index in [1.54, 1.807) is 22.9 Å². The first-order valence-electron chi connectivity index (χ1n) is 12.1. The lowest BCUT2D eigenvalue weighted by molar-refractivity contribution is -0.122. The van der Waals surface area contributed by atoms with Crippen molar-refractivity contribution in [3.63, 3.8) is 0 Å². The summed E-state index contributed by atoms with van der Waals surface area (Å²) < 4.78 is 11.7. The van der Waals surface area contributed by atoms with Crippen molar-refractivity contribution in [3.8, 4) is 11.5 Å². The Morgan fingerprint density at radius 3 is 3.00 bits per heavy atom. The van der Waals surface area contributed by atoms with Crippen LogP contribution in [0, 0.1) is 5.92 Å². The Morgan fingerprint density at radius 2 is 2.18 bits per heavy atom. The fraction of sp³-hybridized carbons (Fsp3) is 0.560. The number of benzene rings is 1. The lowest BCUT2D eigenvalue weighted by atomic mass is 9.94. The number of amides is 2. The molecule has 0 unspecified atom stereocenters. The van der Waals surface area contributed by atoms with Crippen molar-refractivity contribution < 1.29 is 19.1 Å². The van der Waals surface area contributed by atoms with E-state index in [-0.39, 0.29) is 18.4 Å². The van der Waals surface area contributed by atoms with Crippen molar-refractivity contribution >= 4 is 23.2 Å². The van der Waals surface area contributed by atoms with E-state index < -0.39 is 0 Å². The van der Waals surface area contributed by atoms with Crippen LogP contribution in [-0.4, -0.2) is 72.5 Å². The fourth-order valence-corrected chi connectivity index (χ4v) is 6.17. The number of thiazole rings is 1. The fourth-order valence-electron chi connectivity index (χ4n) is 5.64. The zero-order chi connectivity index (χ0) is 23.5. The maximum atomic E-state index is 13.0. The lowest BCUT2D eigenvalue weighted by Crippen LogP contribution is -2.43. The van der Waals surface area contributed by atoms with E-state index in [9.17, 15) is 9.59 Å². The SMILES string of the molecule is COc1ccc2cc1OCCCCN(C(=O)c1cscn1)CC(=O)NC[C@H]1C[C@H]2N2CCC[C@@H]12. The van der Waals surface area contributed by atoms with Crippen molar-refractivity contribution in [2.75, 3.05) is 39.9 Å². The highest BCUT2D eigenvalue weighted by atomic mass is 32.1. The first-order valence-corrected chi connectivity index (χ1v) is 13.1. The van der Waals surface area contributed by atoms with Gasteiger partial charge in [-0.25, -0.2) is 4.98 Å². The number of carbonyl (C=O) groups is 2. The predicted octanol–water partition coefficient (Wildman–Crippen LogP) is 3.11. The van der Waals surface area contributed by atoms with E-state index in [0.717, 1.165) is 43.7 Å². The highest BCUT2D eigenvalue weighted by Gasteiger charge is 2.44. The maximum absolute atomic E-state index is 13.0. The number of nitrogens with zero attached hydrogens (tertiary/aromatic N) is 3. The summed E-state index contributed by atoms with van der Waals surface area (Å²) in [5, 5.41) is 4.87. The van der Waals surface area contributed by atoms with Gasteiger partial charge in [0, 0.05) is 30.6 Å². The van der Waals surface area contributed by atoms with Gasteiger partial charge in [0.15, 0.2) is 11.5 Å². The number of nitrogens with one attached hydrogen (secondary N) is 1. The number of aromatic nitrogens is 1. The van der Waals surface area contributed by atoms with Gasteiger partial charge in [-0.3, -0.25) is 14.5 Å². The maximum Gasteiger partial charge on any atom is 0.273 e. The molecule has 3 aliphatic rings. The summed E-state index contributed by atoms with van der Waals surface area (Å²) in [6.45, 7) is 2.76. The Morgan fingerprint density at radius 1 is 1.26 bits per heavy atom. The van der Waals surface area contributed by atoms with Crippen LogP contribution >= 0.6 is 11.3 Å². The second-order valence-corrected chi connectivity index (χ2v) is 10.0. The van der Waals surface area contributed by atoms with Crippen LogP contribution in [0.5, 0.6) is 11.5 Å². The molecule has 0 saturated carbocycles. The van der Waals surface area contributed by atoms with Crippen LogP contribution in [0.15, 0.2) is 29.1 Å². The number of ether oxygens (including phenoxy) is 2. The average Bonchev–Trinajstić information content (AvgIpc) is 3.60. The minimum Gasteiger partial charge on any atom is -0.493 e. The van der Waals surface area contributed by atoms with Crippen LogP contribution in [0.3, 0.4) is 0 Å². The molecule has 2 saturated heterocycles. The molecule has 1 aromatic heterocycles. The Hall–Kier alpha value is -2.65. The molecule has 4 bridgehead atoms. The van der Waals surface area contributed by atoms with E-state index >= 15 is 0 Å². The molecule has 2 aromatic rings. The van der Waals surface area contributed by atoms with Crippen molar-refractivity contribution in [2.24, 2.45) is 5.92 Å². The van der Waals surface area contributed by atoms with Crippen LogP contribution in [0.4, 0.5) is 0 Å². The first-order chi connectivity index (χ1) is 16.6. The van der Waals surface area contributed by atoms with Gasteiger partial charge < -0.3 is 19.7 Å². The average molecular weight is 485 g/mol. The second-order valence-electron chi connectivity index (χ2n) is 9.33. The standard InChI is InChI=1S/C25H32N4O4S/c1-32-22-7-6-17-12-23(22)33-10-3-2-8-28(25(31)19-15-34-16-27-19)14-24(30)26-13-18-11-21(17)29-9-4-5-20(18)29/h6-7,12,15-16,18,20-21H,2-5,8-11,13-14H2,1H3,(H,26,30)/t18-,20+,21-/m1/s1. The molecule has 5 rings (SSSR count). The van der Waals surface area contributed by atoms with Crippen LogP contribution in [0.25, 0.3) is 0 Å². The van der Waals surface area contributed by atoms with Crippen molar-refractivity contribution in [1.29, 1.82) is 0 Å². The monoisotopic (exact) mass is 484 g/mol. The van der Waals surface area contributed by atoms with Gasteiger partial charge in [-0.2, -0.15) is 0 Å².